The van der Waals surface area contributed by atoms with Gasteiger partial charge in [0.15, 0.2) is 0 Å². The number of hydrogen-bond acceptors (Lipinski definition) is 2. The third-order valence-electron chi connectivity index (χ3n) is 3.41. The van der Waals surface area contributed by atoms with Crippen LogP contribution in [0.5, 0.6) is 5.75 Å². The number of benzene rings is 1. The van der Waals surface area contributed by atoms with Crippen molar-refractivity contribution >= 4 is 11.6 Å². The first-order valence-corrected chi connectivity index (χ1v) is 8.13. The Kier molecular flexibility index (Phi) is 8.72. The summed E-state index contributed by atoms with van der Waals surface area (Å²) in [5.74, 6) is 0.911. The first-order valence-electron chi connectivity index (χ1n) is 7.75. The molecule has 0 bridgehead atoms. The topological polar surface area (TPSA) is 21.3 Å². The second-order valence-electron chi connectivity index (χ2n) is 5.38. The van der Waals surface area contributed by atoms with Crippen molar-refractivity contribution in [3.63, 3.8) is 0 Å². The molecule has 0 unspecified atom stereocenters. The summed E-state index contributed by atoms with van der Waals surface area (Å²) >= 11 is 6.14. The van der Waals surface area contributed by atoms with Crippen molar-refractivity contribution in [3.8, 4) is 5.75 Å². The molecule has 0 radical (unpaired) electrons. The number of nitrogens with one attached hydrogen (secondary N) is 1. The van der Waals surface area contributed by atoms with Gasteiger partial charge in [0.05, 0.1) is 0 Å². The van der Waals surface area contributed by atoms with Gasteiger partial charge in [-0.05, 0) is 50.1 Å². The van der Waals surface area contributed by atoms with Gasteiger partial charge >= 0.3 is 0 Å². The number of aryl methyl sites for hydroxylation is 2. The Balaban J connectivity index is 2.10. The minimum absolute atomic E-state index is 0.704. The molecule has 0 saturated heterocycles. The van der Waals surface area contributed by atoms with E-state index in [1.807, 2.05) is 26.0 Å². The highest BCUT2D eigenvalue weighted by Gasteiger charge is 2.03. The van der Waals surface area contributed by atoms with E-state index in [-0.39, 0.29) is 0 Å². The van der Waals surface area contributed by atoms with Gasteiger partial charge in [-0.15, -0.1) is 0 Å². The Morgan fingerprint density at radius 3 is 2.30 bits per heavy atom. The van der Waals surface area contributed by atoms with Gasteiger partial charge in [-0.25, -0.2) is 0 Å². The SMILES string of the molecule is CCCCCCCNCCOc1cc(C)c(Cl)c(C)c1. The monoisotopic (exact) mass is 297 g/mol. The number of halogens is 1. The highest BCUT2D eigenvalue weighted by atomic mass is 35.5. The lowest BCUT2D eigenvalue weighted by molar-refractivity contribution is 0.313. The van der Waals surface area contributed by atoms with Gasteiger partial charge < -0.3 is 10.1 Å². The van der Waals surface area contributed by atoms with Crippen molar-refractivity contribution in [2.45, 2.75) is 52.9 Å². The molecule has 0 atom stereocenters. The van der Waals surface area contributed by atoms with E-state index >= 15 is 0 Å². The van der Waals surface area contributed by atoms with Crippen molar-refractivity contribution in [2.75, 3.05) is 19.7 Å². The van der Waals surface area contributed by atoms with Crippen LogP contribution in [0.25, 0.3) is 0 Å². The molecule has 1 aromatic carbocycles. The van der Waals surface area contributed by atoms with Crippen LogP contribution in [0.3, 0.4) is 0 Å². The van der Waals surface area contributed by atoms with Gasteiger partial charge in [0.25, 0.3) is 0 Å². The van der Waals surface area contributed by atoms with E-state index < -0.39 is 0 Å². The third-order valence-corrected chi connectivity index (χ3v) is 4.01. The molecule has 0 fully saturated rings. The smallest absolute Gasteiger partial charge is 0.119 e. The first kappa shape index (κ1) is 17.3. The maximum absolute atomic E-state index is 6.14. The molecule has 3 heteroatoms. The van der Waals surface area contributed by atoms with E-state index in [1.165, 1.54) is 32.1 Å². The highest BCUT2D eigenvalue weighted by Crippen LogP contribution is 2.25. The summed E-state index contributed by atoms with van der Waals surface area (Å²) in [4.78, 5) is 0. The van der Waals surface area contributed by atoms with E-state index in [0.29, 0.717) is 6.61 Å². The molecule has 0 aliphatic heterocycles. The molecule has 2 nitrogen and oxygen atoms in total. The van der Waals surface area contributed by atoms with Crippen LogP contribution < -0.4 is 10.1 Å². The number of ether oxygens (including phenoxy) is 1. The molecule has 1 aromatic rings. The largest absolute Gasteiger partial charge is 0.492 e. The Hall–Kier alpha value is -0.730. The normalized spacial score (nSPS) is 10.8. The number of hydrogen-bond donors (Lipinski definition) is 1. The third kappa shape index (κ3) is 6.62. The van der Waals surface area contributed by atoms with Gasteiger partial charge in [0.1, 0.15) is 12.4 Å². The van der Waals surface area contributed by atoms with E-state index in [0.717, 1.165) is 35.0 Å². The Morgan fingerprint density at radius 2 is 1.65 bits per heavy atom. The van der Waals surface area contributed by atoms with Crippen molar-refractivity contribution in [2.24, 2.45) is 0 Å². The molecule has 0 aromatic heterocycles. The average Bonchev–Trinajstić information content (AvgIpc) is 2.43. The summed E-state index contributed by atoms with van der Waals surface area (Å²) < 4.78 is 5.75. The van der Waals surface area contributed by atoms with E-state index in [9.17, 15) is 0 Å². The predicted octanol–water partition coefficient (Wildman–Crippen LogP) is 4.90. The molecule has 20 heavy (non-hydrogen) atoms. The summed E-state index contributed by atoms with van der Waals surface area (Å²) in [5.41, 5.74) is 2.15. The Morgan fingerprint density at radius 1 is 1.00 bits per heavy atom. The number of rotatable bonds is 10. The van der Waals surface area contributed by atoms with Gasteiger partial charge in [-0.2, -0.15) is 0 Å². The molecular weight excluding hydrogens is 270 g/mol. The maximum Gasteiger partial charge on any atom is 0.119 e. The van der Waals surface area contributed by atoms with Crippen LogP contribution in [0.2, 0.25) is 5.02 Å². The Labute approximate surface area is 128 Å². The van der Waals surface area contributed by atoms with Crippen LogP contribution in [0, 0.1) is 13.8 Å². The summed E-state index contributed by atoms with van der Waals surface area (Å²) in [6.07, 6.45) is 6.62. The lowest BCUT2D eigenvalue weighted by Crippen LogP contribution is -2.22. The summed E-state index contributed by atoms with van der Waals surface area (Å²) in [6, 6.07) is 4.00. The first-order chi connectivity index (χ1) is 9.65. The molecule has 0 spiro atoms. The van der Waals surface area contributed by atoms with Crippen molar-refractivity contribution in [1.82, 2.24) is 5.32 Å². The van der Waals surface area contributed by atoms with Crippen molar-refractivity contribution < 1.29 is 4.74 Å². The van der Waals surface area contributed by atoms with Gasteiger partial charge in [-0.3, -0.25) is 0 Å². The van der Waals surface area contributed by atoms with Crippen LogP contribution >= 0.6 is 11.6 Å². The second-order valence-corrected chi connectivity index (χ2v) is 5.76. The molecule has 1 N–H and O–H groups in total. The van der Waals surface area contributed by atoms with Crippen LogP contribution in [0.4, 0.5) is 0 Å². The van der Waals surface area contributed by atoms with Gasteiger partial charge in [0, 0.05) is 11.6 Å². The van der Waals surface area contributed by atoms with E-state index in [2.05, 4.69) is 12.2 Å². The molecule has 0 amide bonds. The molecule has 0 aliphatic carbocycles. The van der Waals surface area contributed by atoms with Crippen LogP contribution in [-0.2, 0) is 0 Å². The van der Waals surface area contributed by atoms with Crippen molar-refractivity contribution in [1.29, 1.82) is 0 Å². The second kappa shape index (κ2) is 10.1. The van der Waals surface area contributed by atoms with Gasteiger partial charge in [0.2, 0.25) is 0 Å². The van der Waals surface area contributed by atoms with Crippen LogP contribution in [0.1, 0.15) is 50.2 Å². The van der Waals surface area contributed by atoms with Gasteiger partial charge in [-0.1, -0.05) is 44.2 Å². The quantitative estimate of drug-likeness (QED) is 0.621. The van der Waals surface area contributed by atoms with Crippen molar-refractivity contribution in [3.05, 3.63) is 28.3 Å². The summed E-state index contributed by atoms with van der Waals surface area (Å²) in [6.45, 7) is 8.96. The fourth-order valence-electron chi connectivity index (χ4n) is 2.21. The van der Waals surface area contributed by atoms with Crippen LogP contribution in [0.15, 0.2) is 12.1 Å². The molecule has 0 aliphatic rings. The summed E-state index contributed by atoms with van der Waals surface area (Å²) in [5, 5.41) is 4.26. The summed E-state index contributed by atoms with van der Waals surface area (Å²) in [7, 11) is 0. The zero-order valence-corrected chi connectivity index (χ0v) is 13.9. The van der Waals surface area contributed by atoms with E-state index in [4.69, 9.17) is 16.3 Å². The maximum atomic E-state index is 6.14. The predicted molar refractivity (Wildman–Crippen MR) is 88.0 cm³/mol. The zero-order chi connectivity index (χ0) is 14.8. The van der Waals surface area contributed by atoms with E-state index in [1.54, 1.807) is 0 Å². The molecule has 1 rings (SSSR count). The Bertz CT molecular complexity index is 370. The fourth-order valence-corrected chi connectivity index (χ4v) is 2.32. The fraction of sp³-hybridized carbons (Fsp3) is 0.647. The number of unbranched alkanes of at least 4 members (excludes halogenated alkanes) is 4. The lowest BCUT2D eigenvalue weighted by atomic mass is 10.1. The highest BCUT2D eigenvalue weighted by molar-refractivity contribution is 6.32. The molecular formula is C17H28ClNO. The zero-order valence-electron chi connectivity index (χ0n) is 13.1. The molecule has 114 valence electrons. The van der Waals surface area contributed by atoms with Crippen LogP contribution in [-0.4, -0.2) is 19.7 Å². The standard InChI is InChI=1S/C17H28ClNO/c1-4-5-6-7-8-9-19-10-11-20-16-12-14(2)17(18)15(3)13-16/h12-13,19H,4-11H2,1-3H3. The lowest BCUT2D eigenvalue weighted by Gasteiger charge is -2.10. The molecule has 0 saturated carbocycles. The average molecular weight is 298 g/mol. The molecule has 0 heterocycles. The minimum Gasteiger partial charge on any atom is -0.492 e. The minimum atomic E-state index is 0.704.